The van der Waals surface area contributed by atoms with E-state index in [4.69, 9.17) is 9.15 Å². The number of amides is 2. The minimum absolute atomic E-state index is 0.00696. The van der Waals surface area contributed by atoms with E-state index in [0.29, 0.717) is 57.2 Å². The Morgan fingerprint density at radius 1 is 1.12 bits per heavy atom. The average molecular weight is 444 g/mol. The van der Waals surface area contributed by atoms with Crippen molar-refractivity contribution in [1.29, 1.82) is 0 Å². The van der Waals surface area contributed by atoms with E-state index in [1.807, 2.05) is 0 Å². The first-order valence-electron chi connectivity index (χ1n) is 10.5. The summed E-state index contributed by atoms with van der Waals surface area (Å²) in [6.07, 6.45) is 1.70. The smallest absolute Gasteiger partial charge is 0.269 e. The van der Waals surface area contributed by atoms with Gasteiger partial charge in [-0.05, 0) is 25.1 Å². The van der Waals surface area contributed by atoms with E-state index in [2.05, 4.69) is 4.90 Å². The van der Waals surface area contributed by atoms with Gasteiger partial charge in [0.05, 0.1) is 23.4 Å². The Morgan fingerprint density at radius 3 is 2.38 bits per heavy atom. The maximum atomic E-state index is 12.8. The van der Waals surface area contributed by atoms with Crippen molar-refractivity contribution in [3.63, 3.8) is 0 Å². The Kier molecular flexibility index (Phi) is 7.82. The normalized spacial score (nSPS) is 13.8. The van der Waals surface area contributed by atoms with Crippen LogP contribution in [0.5, 0.6) is 0 Å². The Labute approximate surface area is 186 Å². The fourth-order valence-corrected chi connectivity index (χ4v) is 3.68. The number of nitro benzene ring substituents is 1. The highest BCUT2D eigenvalue weighted by molar-refractivity contribution is 5.95. The summed E-state index contributed by atoms with van der Waals surface area (Å²) in [6.45, 7) is 5.21. The van der Waals surface area contributed by atoms with Crippen LogP contribution in [0.1, 0.15) is 22.5 Å². The Balaban J connectivity index is 1.52. The van der Waals surface area contributed by atoms with Crippen LogP contribution in [0.25, 0.3) is 0 Å². The molecule has 1 aliphatic rings. The van der Waals surface area contributed by atoms with Crippen molar-refractivity contribution in [2.45, 2.75) is 13.3 Å². The molecule has 1 aromatic heterocycles. The fourth-order valence-electron chi connectivity index (χ4n) is 3.68. The number of nitrogens with zero attached hydrogens (tertiary/aromatic N) is 4. The van der Waals surface area contributed by atoms with E-state index in [-0.39, 0.29) is 23.9 Å². The lowest BCUT2D eigenvalue weighted by Gasteiger charge is -2.36. The van der Waals surface area contributed by atoms with Gasteiger partial charge in [0.1, 0.15) is 5.76 Å². The molecule has 0 unspecified atom stereocenters. The maximum Gasteiger partial charge on any atom is 0.269 e. The molecule has 10 heteroatoms. The molecule has 32 heavy (non-hydrogen) atoms. The number of furan rings is 1. The lowest BCUT2D eigenvalue weighted by Crippen LogP contribution is -2.49. The van der Waals surface area contributed by atoms with Crippen LogP contribution in [0, 0.1) is 17.0 Å². The number of piperazine rings is 1. The number of ether oxygens (including phenoxy) is 1. The summed E-state index contributed by atoms with van der Waals surface area (Å²) in [5, 5.41) is 10.8. The largest absolute Gasteiger partial charge is 0.469 e. The number of hydrogen-bond donors (Lipinski definition) is 0. The number of carbonyl (C=O) groups is 2. The van der Waals surface area contributed by atoms with Crippen LogP contribution in [0.4, 0.5) is 11.4 Å². The minimum atomic E-state index is -0.422. The van der Waals surface area contributed by atoms with Crippen molar-refractivity contribution in [2.75, 3.05) is 57.9 Å². The minimum Gasteiger partial charge on any atom is -0.469 e. The predicted octanol–water partition coefficient (Wildman–Crippen LogP) is 2.32. The number of methoxy groups -OCH3 is 1. The molecule has 0 aliphatic carbocycles. The van der Waals surface area contributed by atoms with E-state index in [0.717, 1.165) is 5.69 Å². The first kappa shape index (κ1) is 23.3. The SMILES string of the molecule is COCCN(CCC(=O)N1CCN(c2ccc([N+](=O)[O-])cc2)CC1)C(=O)c1ccoc1C. The third-order valence-corrected chi connectivity index (χ3v) is 5.60. The van der Waals surface area contributed by atoms with E-state index < -0.39 is 4.92 Å². The highest BCUT2D eigenvalue weighted by Gasteiger charge is 2.24. The standard InChI is InChI=1S/C22H28N4O6/c1-17-20(8-15-32-17)22(28)25(14-16-31-2)9-7-21(27)24-12-10-23(11-13-24)18-3-5-19(6-4-18)26(29)30/h3-6,8,15H,7,9-14,16H2,1-2H3. The van der Waals surface area contributed by atoms with Crippen molar-refractivity contribution in [3.05, 3.63) is 58.0 Å². The van der Waals surface area contributed by atoms with Gasteiger partial charge in [-0.1, -0.05) is 0 Å². The zero-order valence-corrected chi connectivity index (χ0v) is 18.4. The molecule has 0 bridgehead atoms. The highest BCUT2D eigenvalue weighted by Crippen LogP contribution is 2.21. The number of anilines is 1. The molecule has 172 valence electrons. The van der Waals surface area contributed by atoms with Crippen LogP contribution < -0.4 is 4.90 Å². The molecule has 0 saturated carbocycles. The second kappa shape index (κ2) is 10.8. The molecule has 1 saturated heterocycles. The van der Waals surface area contributed by atoms with Gasteiger partial charge in [-0.3, -0.25) is 19.7 Å². The van der Waals surface area contributed by atoms with Gasteiger partial charge in [0.2, 0.25) is 5.91 Å². The van der Waals surface area contributed by atoms with Gasteiger partial charge < -0.3 is 23.9 Å². The van der Waals surface area contributed by atoms with Crippen LogP contribution >= 0.6 is 0 Å². The lowest BCUT2D eigenvalue weighted by molar-refractivity contribution is -0.384. The monoisotopic (exact) mass is 444 g/mol. The number of carbonyl (C=O) groups excluding carboxylic acids is 2. The summed E-state index contributed by atoms with van der Waals surface area (Å²) < 4.78 is 10.3. The average Bonchev–Trinajstić information content (AvgIpc) is 3.24. The zero-order valence-electron chi connectivity index (χ0n) is 18.4. The third-order valence-electron chi connectivity index (χ3n) is 5.60. The van der Waals surface area contributed by atoms with Crippen LogP contribution in [0.15, 0.2) is 41.0 Å². The van der Waals surface area contributed by atoms with Crippen molar-refractivity contribution < 1.29 is 23.7 Å². The van der Waals surface area contributed by atoms with Crippen LogP contribution in [0.2, 0.25) is 0 Å². The lowest BCUT2D eigenvalue weighted by atomic mass is 10.2. The second-order valence-electron chi connectivity index (χ2n) is 7.57. The van der Waals surface area contributed by atoms with E-state index >= 15 is 0 Å². The van der Waals surface area contributed by atoms with E-state index in [9.17, 15) is 19.7 Å². The topological polar surface area (TPSA) is 109 Å². The summed E-state index contributed by atoms with van der Waals surface area (Å²) in [4.78, 5) is 41.5. The number of non-ortho nitro benzene ring substituents is 1. The van der Waals surface area contributed by atoms with Crippen molar-refractivity contribution >= 4 is 23.2 Å². The quantitative estimate of drug-likeness (QED) is 0.431. The van der Waals surface area contributed by atoms with Gasteiger partial charge in [-0.25, -0.2) is 0 Å². The van der Waals surface area contributed by atoms with Crippen LogP contribution in [-0.4, -0.2) is 79.5 Å². The molecular weight excluding hydrogens is 416 g/mol. The molecule has 1 aliphatic heterocycles. The predicted molar refractivity (Wildman–Crippen MR) is 118 cm³/mol. The van der Waals surface area contributed by atoms with Crippen molar-refractivity contribution in [3.8, 4) is 0 Å². The first-order valence-corrected chi connectivity index (χ1v) is 10.5. The summed E-state index contributed by atoms with van der Waals surface area (Å²) in [5.74, 6) is 0.364. The van der Waals surface area contributed by atoms with Crippen LogP contribution in [-0.2, 0) is 9.53 Å². The molecule has 2 amide bonds. The van der Waals surface area contributed by atoms with Crippen molar-refractivity contribution in [2.24, 2.45) is 0 Å². The van der Waals surface area contributed by atoms with E-state index in [1.165, 1.54) is 18.4 Å². The van der Waals surface area contributed by atoms with E-state index in [1.54, 1.807) is 42.0 Å². The van der Waals surface area contributed by atoms with Gasteiger partial charge in [-0.15, -0.1) is 0 Å². The fraction of sp³-hybridized carbons (Fsp3) is 0.455. The van der Waals surface area contributed by atoms with Gasteiger partial charge in [0, 0.05) is 70.6 Å². The summed E-state index contributed by atoms with van der Waals surface area (Å²) in [5.41, 5.74) is 1.44. The molecule has 0 N–H and O–H groups in total. The number of benzene rings is 1. The number of aryl methyl sites for hydroxylation is 1. The number of hydrogen-bond acceptors (Lipinski definition) is 7. The Bertz CT molecular complexity index is 934. The summed E-state index contributed by atoms with van der Waals surface area (Å²) in [7, 11) is 1.57. The van der Waals surface area contributed by atoms with Crippen LogP contribution in [0.3, 0.4) is 0 Å². The van der Waals surface area contributed by atoms with Gasteiger partial charge in [0.25, 0.3) is 11.6 Å². The zero-order chi connectivity index (χ0) is 23.1. The molecular formula is C22H28N4O6. The second-order valence-corrected chi connectivity index (χ2v) is 7.57. The molecule has 3 rings (SSSR count). The molecule has 2 aromatic rings. The molecule has 0 radical (unpaired) electrons. The molecule has 10 nitrogen and oxygen atoms in total. The van der Waals surface area contributed by atoms with Crippen molar-refractivity contribution in [1.82, 2.24) is 9.80 Å². The molecule has 1 fully saturated rings. The van der Waals surface area contributed by atoms with Gasteiger partial charge >= 0.3 is 0 Å². The Hall–Kier alpha value is -3.40. The first-order chi connectivity index (χ1) is 15.4. The van der Waals surface area contributed by atoms with Gasteiger partial charge in [-0.2, -0.15) is 0 Å². The molecule has 1 aromatic carbocycles. The third kappa shape index (κ3) is 5.64. The molecule has 2 heterocycles. The number of nitro groups is 1. The molecule has 0 atom stereocenters. The summed E-state index contributed by atoms with van der Waals surface area (Å²) >= 11 is 0. The summed E-state index contributed by atoms with van der Waals surface area (Å²) in [6, 6.07) is 8.07. The van der Waals surface area contributed by atoms with Gasteiger partial charge in [0.15, 0.2) is 0 Å². The maximum absolute atomic E-state index is 12.8. The Morgan fingerprint density at radius 2 is 1.81 bits per heavy atom. The number of rotatable bonds is 9. The highest BCUT2D eigenvalue weighted by atomic mass is 16.6. The molecule has 0 spiro atoms.